The van der Waals surface area contributed by atoms with Crippen LogP contribution in [0.25, 0.3) is 0 Å². The van der Waals surface area contributed by atoms with Crippen LogP contribution in [0.5, 0.6) is 0 Å². The standard InChI is InChI=1S/C15H19NO2/c1-12(11-17-2)16-15(14-9-6-10-18-14)13-7-4-3-5-8-13/h3-10,12,15-16H,11H2,1-2H3. The SMILES string of the molecule is COCC(C)NC(c1ccccc1)c1ccco1. The second kappa shape index (κ2) is 6.38. The lowest BCUT2D eigenvalue weighted by atomic mass is 10.0. The molecule has 2 aromatic rings. The Morgan fingerprint density at radius 2 is 1.94 bits per heavy atom. The van der Waals surface area contributed by atoms with Crippen molar-refractivity contribution in [2.24, 2.45) is 0 Å². The molecule has 0 amide bonds. The fourth-order valence-electron chi connectivity index (χ4n) is 2.03. The molecule has 2 rings (SSSR count). The Labute approximate surface area is 108 Å². The molecular weight excluding hydrogens is 226 g/mol. The highest BCUT2D eigenvalue weighted by Crippen LogP contribution is 2.22. The monoisotopic (exact) mass is 245 g/mol. The highest BCUT2D eigenvalue weighted by atomic mass is 16.5. The lowest BCUT2D eigenvalue weighted by Crippen LogP contribution is -2.34. The summed E-state index contributed by atoms with van der Waals surface area (Å²) in [6.45, 7) is 2.77. The number of furan rings is 1. The number of hydrogen-bond acceptors (Lipinski definition) is 3. The second-order valence-corrected chi connectivity index (χ2v) is 4.38. The molecule has 2 atom stereocenters. The molecule has 0 bridgehead atoms. The third kappa shape index (κ3) is 3.22. The molecule has 1 aromatic heterocycles. The predicted molar refractivity (Wildman–Crippen MR) is 71.5 cm³/mol. The minimum absolute atomic E-state index is 0.0614. The van der Waals surface area contributed by atoms with Crippen LogP contribution in [-0.4, -0.2) is 19.8 Å². The minimum atomic E-state index is 0.0614. The van der Waals surface area contributed by atoms with Crippen molar-refractivity contribution in [3.05, 3.63) is 60.1 Å². The van der Waals surface area contributed by atoms with Gasteiger partial charge in [0.1, 0.15) is 5.76 Å². The zero-order valence-corrected chi connectivity index (χ0v) is 10.8. The number of benzene rings is 1. The Hall–Kier alpha value is -1.58. The largest absolute Gasteiger partial charge is 0.467 e. The molecule has 3 heteroatoms. The van der Waals surface area contributed by atoms with Crippen LogP contribution < -0.4 is 5.32 Å². The second-order valence-electron chi connectivity index (χ2n) is 4.38. The molecule has 0 spiro atoms. The van der Waals surface area contributed by atoms with Crippen LogP contribution in [0.15, 0.2) is 53.1 Å². The third-order valence-electron chi connectivity index (χ3n) is 2.83. The van der Waals surface area contributed by atoms with E-state index >= 15 is 0 Å². The van der Waals surface area contributed by atoms with Crippen molar-refractivity contribution in [1.82, 2.24) is 5.32 Å². The van der Waals surface area contributed by atoms with Gasteiger partial charge in [-0.2, -0.15) is 0 Å². The zero-order valence-electron chi connectivity index (χ0n) is 10.8. The van der Waals surface area contributed by atoms with Gasteiger partial charge in [-0.15, -0.1) is 0 Å². The van der Waals surface area contributed by atoms with Gasteiger partial charge in [0.05, 0.1) is 18.9 Å². The Kier molecular flexibility index (Phi) is 4.56. The van der Waals surface area contributed by atoms with Crippen molar-refractivity contribution < 1.29 is 9.15 Å². The lowest BCUT2D eigenvalue weighted by molar-refractivity contribution is 0.167. The van der Waals surface area contributed by atoms with Gasteiger partial charge in [0, 0.05) is 13.2 Å². The fourth-order valence-corrected chi connectivity index (χ4v) is 2.03. The van der Waals surface area contributed by atoms with E-state index in [0.29, 0.717) is 6.61 Å². The summed E-state index contributed by atoms with van der Waals surface area (Å²) < 4.78 is 10.7. The van der Waals surface area contributed by atoms with Gasteiger partial charge in [0.2, 0.25) is 0 Å². The van der Waals surface area contributed by atoms with Crippen LogP contribution in [0.3, 0.4) is 0 Å². The average molecular weight is 245 g/mol. The molecule has 18 heavy (non-hydrogen) atoms. The van der Waals surface area contributed by atoms with Gasteiger partial charge in [-0.3, -0.25) is 5.32 Å². The molecule has 1 heterocycles. The number of nitrogens with one attached hydrogen (secondary N) is 1. The van der Waals surface area contributed by atoms with Crippen molar-refractivity contribution in [3.63, 3.8) is 0 Å². The van der Waals surface area contributed by atoms with E-state index in [2.05, 4.69) is 24.4 Å². The molecule has 0 fully saturated rings. The predicted octanol–water partition coefficient (Wildman–Crippen LogP) is 2.99. The summed E-state index contributed by atoms with van der Waals surface area (Å²) in [5, 5.41) is 3.52. The minimum Gasteiger partial charge on any atom is -0.467 e. The first-order chi connectivity index (χ1) is 8.81. The van der Waals surface area contributed by atoms with E-state index in [1.165, 1.54) is 5.56 Å². The molecule has 0 aliphatic heterocycles. The fraction of sp³-hybridized carbons (Fsp3) is 0.333. The van der Waals surface area contributed by atoms with E-state index < -0.39 is 0 Å². The normalized spacial score (nSPS) is 14.3. The molecule has 96 valence electrons. The molecule has 0 saturated heterocycles. The van der Waals surface area contributed by atoms with Crippen molar-refractivity contribution in [2.75, 3.05) is 13.7 Å². The maximum absolute atomic E-state index is 5.53. The van der Waals surface area contributed by atoms with Gasteiger partial charge in [0.25, 0.3) is 0 Å². The molecular formula is C15H19NO2. The number of methoxy groups -OCH3 is 1. The van der Waals surface area contributed by atoms with Gasteiger partial charge in [-0.1, -0.05) is 30.3 Å². The topological polar surface area (TPSA) is 34.4 Å². The van der Waals surface area contributed by atoms with Crippen LogP contribution in [0.2, 0.25) is 0 Å². The third-order valence-corrected chi connectivity index (χ3v) is 2.83. The van der Waals surface area contributed by atoms with Crippen LogP contribution in [-0.2, 0) is 4.74 Å². The molecule has 3 nitrogen and oxygen atoms in total. The van der Waals surface area contributed by atoms with Gasteiger partial charge in [-0.25, -0.2) is 0 Å². The molecule has 1 N–H and O–H groups in total. The van der Waals surface area contributed by atoms with E-state index in [1.807, 2.05) is 30.3 Å². The summed E-state index contributed by atoms with van der Waals surface area (Å²) in [5.74, 6) is 0.921. The molecule has 0 aliphatic rings. The highest BCUT2D eigenvalue weighted by Gasteiger charge is 2.18. The van der Waals surface area contributed by atoms with Crippen molar-refractivity contribution >= 4 is 0 Å². The number of rotatable bonds is 6. The van der Waals surface area contributed by atoms with Crippen molar-refractivity contribution in [3.8, 4) is 0 Å². The summed E-state index contributed by atoms with van der Waals surface area (Å²) in [7, 11) is 1.71. The van der Waals surface area contributed by atoms with Gasteiger partial charge in [0.15, 0.2) is 0 Å². The van der Waals surface area contributed by atoms with Crippen LogP contribution in [0.1, 0.15) is 24.3 Å². The van der Waals surface area contributed by atoms with E-state index in [1.54, 1.807) is 13.4 Å². The first kappa shape index (κ1) is 12.9. The maximum Gasteiger partial charge on any atom is 0.125 e. The Bertz CT molecular complexity index is 439. The molecule has 0 aliphatic carbocycles. The summed E-state index contributed by atoms with van der Waals surface area (Å²) in [6.07, 6.45) is 1.70. The van der Waals surface area contributed by atoms with Crippen molar-refractivity contribution in [2.45, 2.75) is 19.0 Å². The quantitative estimate of drug-likeness (QED) is 0.849. The molecule has 0 saturated carbocycles. The average Bonchev–Trinajstić information content (AvgIpc) is 2.91. The van der Waals surface area contributed by atoms with E-state index in [4.69, 9.17) is 9.15 Å². The molecule has 1 aromatic carbocycles. The summed E-state index contributed by atoms with van der Waals surface area (Å²) in [6, 6.07) is 14.5. The number of ether oxygens (including phenoxy) is 1. The molecule has 0 radical (unpaired) electrons. The summed E-state index contributed by atoms with van der Waals surface area (Å²) in [5.41, 5.74) is 1.19. The summed E-state index contributed by atoms with van der Waals surface area (Å²) in [4.78, 5) is 0. The summed E-state index contributed by atoms with van der Waals surface area (Å²) >= 11 is 0. The van der Waals surface area contributed by atoms with E-state index in [-0.39, 0.29) is 12.1 Å². The Morgan fingerprint density at radius 3 is 2.56 bits per heavy atom. The molecule has 2 unspecified atom stereocenters. The Morgan fingerprint density at radius 1 is 1.17 bits per heavy atom. The van der Waals surface area contributed by atoms with E-state index in [9.17, 15) is 0 Å². The van der Waals surface area contributed by atoms with Gasteiger partial charge in [-0.05, 0) is 24.6 Å². The Balaban J connectivity index is 2.19. The highest BCUT2D eigenvalue weighted by molar-refractivity contribution is 5.26. The maximum atomic E-state index is 5.53. The van der Waals surface area contributed by atoms with Gasteiger partial charge >= 0.3 is 0 Å². The van der Waals surface area contributed by atoms with Crippen molar-refractivity contribution in [1.29, 1.82) is 0 Å². The van der Waals surface area contributed by atoms with Crippen LogP contribution in [0.4, 0.5) is 0 Å². The first-order valence-electron chi connectivity index (χ1n) is 6.14. The van der Waals surface area contributed by atoms with Gasteiger partial charge < -0.3 is 9.15 Å². The lowest BCUT2D eigenvalue weighted by Gasteiger charge is -2.21. The van der Waals surface area contributed by atoms with Crippen LogP contribution in [0, 0.1) is 0 Å². The first-order valence-corrected chi connectivity index (χ1v) is 6.14. The van der Waals surface area contributed by atoms with E-state index in [0.717, 1.165) is 5.76 Å². The zero-order chi connectivity index (χ0) is 12.8. The number of hydrogen-bond donors (Lipinski definition) is 1. The smallest absolute Gasteiger partial charge is 0.125 e. The van der Waals surface area contributed by atoms with Crippen LogP contribution >= 0.6 is 0 Å².